The molecule has 0 bridgehead atoms. The van der Waals surface area contributed by atoms with Crippen molar-refractivity contribution in [2.24, 2.45) is 0 Å². The minimum Gasteiger partial charge on any atom is -0.335 e. The zero-order valence-corrected chi connectivity index (χ0v) is 14.8. The molecule has 1 aliphatic rings. The number of nitrogens with one attached hydrogen (secondary N) is 1. The lowest BCUT2D eigenvalue weighted by molar-refractivity contribution is -0.384. The van der Waals surface area contributed by atoms with E-state index in [2.05, 4.69) is 4.98 Å². The lowest BCUT2D eigenvalue weighted by atomic mass is 10.1. The van der Waals surface area contributed by atoms with Crippen LogP contribution in [0.15, 0.2) is 42.6 Å². The van der Waals surface area contributed by atoms with Gasteiger partial charge < -0.3 is 4.90 Å². The number of H-pyrrole nitrogens is 1. The Balaban J connectivity index is 1.54. The second-order valence-electron chi connectivity index (χ2n) is 6.43. The van der Waals surface area contributed by atoms with E-state index < -0.39 is 16.7 Å². The number of aromatic amines is 1. The first-order valence-electron chi connectivity index (χ1n) is 8.59. The first-order chi connectivity index (χ1) is 13.2. The van der Waals surface area contributed by atoms with Crippen LogP contribution in [0.25, 0.3) is 0 Å². The fourth-order valence-electron chi connectivity index (χ4n) is 3.01. The second-order valence-corrected chi connectivity index (χ2v) is 6.43. The number of carbonyl (C=O) groups is 1. The molecule has 0 saturated carbocycles. The minimum atomic E-state index is -4.39. The van der Waals surface area contributed by atoms with E-state index in [0.717, 1.165) is 12.3 Å². The van der Waals surface area contributed by atoms with Crippen LogP contribution in [-0.2, 0) is 17.4 Å². The summed E-state index contributed by atoms with van der Waals surface area (Å²) in [5, 5.41) is 10.7. The third-order valence-electron chi connectivity index (χ3n) is 4.60. The Bertz CT molecular complexity index is 846. The highest BCUT2D eigenvalue weighted by atomic mass is 19.4. The van der Waals surface area contributed by atoms with Crippen molar-refractivity contribution >= 4 is 17.4 Å². The molecule has 1 fully saturated rings. The monoisotopic (exact) mass is 395 g/mol. The predicted octanol–water partition coefficient (Wildman–Crippen LogP) is 2.32. The second kappa shape index (κ2) is 7.83. The highest BCUT2D eigenvalue weighted by Crippen LogP contribution is 2.28. The number of anilines is 1. The van der Waals surface area contributed by atoms with E-state index in [9.17, 15) is 28.1 Å². The summed E-state index contributed by atoms with van der Waals surface area (Å²) in [5.74, 6) is 0.473. The van der Waals surface area contributed by atoms with Crippen LogP contribution in [0.1, 0.15) is 11.1 Å². The van der Waals surface area contributed by atoms with Gasteiger partial charge in [0, 0.05) is 18.2 Å². The number of nitro benzene ring substituents is 1. The molecule has 7 nitrogen and oxygen atoms in total. The molecule has 0 spiro atoms. The van der Waals surface area contributed by atoms with Crippen molar-refractivity contribution in [1.82, 2.24) is 4.90 Å². The maximum absolute atomic E-state index is 12.6. The summed E-state index contributed by atoms with van der Waals surface area (Å²) in [6, 6.07) is 8.25. The quantitative estimate of drug-likeness (QED) is 0.588. The fourth-order valence-corrected chi connectivity index (χ4v) is 3.01. The summed E-state index contributed by atoms with van der Waals surface area (Å²) >= 11 is 0. The molecule has 1 N–H and O–H groups in total. The Hall–Kier alpha value is -3.17. The molecule has 1 aromatic heterocycles. The number of halogens is 3. The van der Waals surface area contributed by atoms with Crippen LogP contribution in [0.4, 0.5) is 24.7 Å². The van der Waals surface area contributed by atoms with Gasteiger partial charge in [0.25, 0.3) is 11.5 Å². The van der Waals surface area contributed by atoms with Crippen LogP contribution in [0.5, 0.6) is 0 Å². The van der Waals surface area contributed by atoms with Crippen molar-refractivity contribution < 1.29 is 27.9 Å². The van der Waals surface area contributed by atoms with Crippen molar-refractivity contribution in [2.75, 3.05) is 31.1 Å². The number of amides is 1. The zero-order chi connectivity index (χ0) is 20.3. The Morgan fingerprint density at radius 2 is 1.71 bits per heavy atom. The van der Waals surface area contributed by atoms with Gasteiger partial charge in [0.1, 0.15) is 19.3 Å². The normalized spacial score (nSPS) is 14.8. The fraction of sp³-hybridized carbons (Fsp3) is 0.333. The number of hydrogen-bond donors (Lipinski definition) is 0. The summed E-state index contributed by atoms with van der Waals surface area (Å²) in [5.41, 5.74) is -0.0835. The molecule has 148 valence electrons. The van der Waals surface area contributed by atoms with Gasteiger partial charge in [0.05, 0.1) is 30.0 Å². The molecule has 0 aliphatic carbocycles. The molecule has 0 radical (unpaired) electrons. The van der Waals surface area contributed by atoms with E-state index in [1.807, 2.05) is 4.90 Å². The number of carbonyl (C=O) groups excluding carboxylic acids is 1. The predicted molar refractivity (Wildman–Crippen MR) is 93.6 cm³/mol. The zero-order valence-electron chi connectivity index (χ0n) is 14.8. The van der Waals surface area contributed by atoms with Crippen LogP contribution in [-0.4, -0.2) is 41.9 Å². The number of rotatable bonds is 4. The van der Waals surface area contributed by atoms with Gasteiger partial charge >= 0.3 is 6.18 Å². The first kappa shape index (κ1) is 19.6. The van der Waals surface area contributed by atoms with E-state index in [4.69, 9.17) is 0 Å². The van der Waals surface area contributed by atoms with E-state index >= 15 is 0 Å². The molecule has 2 aromatic rings. The number of non-ortho nitro benzene ring substituents is 1. The highest BCUT2D eigenvalue weighted by molar-refractivity contribution is 5.79. The number of aromatic nitrogens is 1. The van der Waals surface area contributed by atoms with Gasteiger partial charge in [-0.1, -0.05) is 12.1 Å². The first-order valence-corrected chi connectivity index (χ1v) is 8.59. The van der Waals surface area contributed by atoms with Gasteiger partial charge in [-0.2, -0.15) is 13.2 Å². The van der Waals surface area contributed by atoms with Gasteiger partial charge in [0.2, 0.25) is 5.91 Å². The summed E-state index contributed by atoms with van der Waals surface area (Å²) in [6.45, 7) is 1.88. The molecule has 3 rings (SSSR count). The van der Waals surface area contributed by atoms with Gasteiger partial charge in [-0.15, -0.1) is 0 Å². The van der Waals surface area contributed by atoms with E-state index in [-0.39, 0.29) is 18.0 Å². The number of nitrogens with zero attached hydrogens (tertiary/aromatic N) is 3. The van der Waals surface area contributed by atoms with Crippen molar-refractivity contribution in [3.8, 4) is 0 Å². The largest absolute Gasteiger partial charge is 0.419 e. The molecule has 2 heterocycles. The van der Waals surface area contributed by atoms with Gasteiger partial charge in [0.15, 0.2) is 0 Å². The molecule has 1 amide bonds. The summed E-state index contributed by atoms with van der Waals surface area (Å²) < 4.78 is 37.9. The Labute approximate surface area is 158 Å². The topological polar surface area (TPSA) is 80.8 Å². The Kier molecular flexibility index (Phi) is 5.48. The molecule has 1 aliphatic heterocycles. The van der Waals surface area contributed by atoms with Crippen LogP contribution in [0, 0.1) is 10.1 Å². The van der Waals surface area contributed by atoms with Crippen LogP contribution in [0.2, 0.25) is 0 Å². The molecule has 1 saturated heterocycles. The lowest BCUT2D eigenvalue weighted by Gasteiger charge is -2.31. The summed E-state index contributed by atoms with van der Waals surface area (Å²) in [4.78, 5) is 28.8. The van der Waals surface area contributed by atoms with Crippen molar-refractivity contribution in [3.05, 3.63) is 63.8 Å². The number of hydrogen-bond acceptors (Lipinski definition) is 4. The van der Waals surface area contributed by atoms with Crippen LogP contribution in [0.3, 0.4) is 0 Å². The van der Waals surface area contributed by atoms with Crippen LogP contribution < -0.4 is 9.88 Å². The van der Waals surface area contributed by atoms with Gasteiger partial charge in [-0.3, -0.25) is 19.8 Å². The van der Waals surface area contributed by atoms with Crippen molar-refractivity contribution in [2.45, 2.75) is 12.6 Å². The molecule has 0 unspecified atom stereocenters. The van der Waals surface area contributed by atoms with E-state index in [1.54, 1.807) is 17.0 Å². The van der Waals surface area contributed by atoms with Gasteiger partial charge in [-0.25, -0.2) is 4.98 Å². The minimum absolute atomic E-state index is 0.0300. The number of benzene rings is 1. The maximum atomic E-state index is 12.6. The molecule has 28 heavy (non-hydrogen) atoms. The van der Waals surface area contributed by atoms with Crippen molar-refractivity contribution in [3.63, 3.8) is 0 Å². The maximum Gasteiger partial charge on any atom is 0.419 e. The molecule has 1 aromatic carbocycles. The average molecular weight is 395 g/mol. The number of nitro groups is 1. The molecule has 10 heteroatoms. The van der Waals surface area contributed by atoms with Crippen molar-refractivity contribution in [1.29, 1.82) is 0 Å². The SMILES string of the molecule is O=C(Cc1ccc([N+](=O)[O-])cc1)N1CCN(c2ccc(C(F)(F)F)c[nH+]2)CC1. The molecular weight excluding hydrogens is 377 g/mol. The Morgan fingerprint density at radius 1 is 1.07 bits per heavy atom. The standard InChI is InChI=1S/C18H17F3N4O3/c19-18(20,21)14-3-6-16(22-12-14)23-7-9-24(10-8-23)17(26)11-13-1-4-15(5-2-13)25(27)28/h1-6,12H,7-11H2/p+1. The van der Waals surface area contributed by atoms with Gasteiger partial charge in [-0.05, 0) is 11.6 Å². The summed E-state index contributed by atoms with van der Waals surface area (Å²) in [7, 11) is 0. The number of alkyl halides is 3. The third kappa shape index (κ3) is 4.56. The third-order valence-corrected chi connectivity index (χ3v) is 4.60. The number of pyridine rings is 1. The van der Waals surface area contributed by atoms with E-state index in [0.29, 0.717) is 37.6 Å². The Morgan fingerprint density at radius 3 is 2.21 bits per heavy atom. The number of piperazine rings is 1. The molecule has 0 atom stereocenters. The van der Waals surface area contributed by atoms with E-state index in [1.165, 1.54) is 18.2 Å². The average Bonchev–Trinajstić information content (AvgIpc) is 2.68. The van der Waals surface area contributed by atoms with Crippen LogP contribution >= 0.6 is 0 Å². The smallest absolute Gasteiger partial charge is 0.335 e. The molecular formula is C18H18F3N4O3+. The summed E-state index contributed by atoms with van der Waals surface area (Å²) in [6.07, 6.45) is -3.32. The highest BCUT2D eigenvalue weighted by Gasteiger charge is 2.33. The lowest BCUT2D eigenvalue weighted by Crippen LogP contribution is -2.50.